The molecule has 1 aliphatic rings. The van der Waals surface area contributed by atoms with Crippen molar-refractivity contribution in [2.24, 2.45) is 5.73 Å². The number of rotatable bonds is 5. The van der Waals surface area contributed by atoms with E-state index in [4.69, 9.17) is 10.3 Å². The Hall–Kier alpha value is -1.88. The third-order valence-corrected chi connectivity index (χ3v) is 4.78. The van der Waals surface area contributed by atoms with Gasteiger partial charge in [-0.1, -0.05) is 18.0 Å². The van der Waals surface area contributed by atoms with Crippen LogP contribution in [-0.4, -0.2) is 22.7 Å². The SMILES string of the molecule is CCN(c1ccc(-c2nc(C3(N)CCCC3)no2)cc1)C(C)C. The number of anilines is 1. The molecule has 1 aromatic heterocycles. The molecule has 5 nitrogen and oxygen atoms in total. The van der Waals surface area contributed by atoms with E-state index >= 15 is 0 Å². The Balaban J connectivity index is 1.81. The lowest BCUT2D eigenvalue weighted by Crippen LogP contribution is -2.34. The summed E-state index contributed by atoms with van der Waals surface area (Å²) in [5.74, 6) is 1.20. The molecule has 0 bridgehead atoms. The van der Waals surface area contributed by atoms with E-state index in [1.807, 2.05) is 12.1 Å². The summed E-state index contributed by atoms with van der Waals surface area (Å²) < 4.78 is 5.45. The van der Waals surface area contributed by atoms with E-state index in [0.717, 1.165) is 37.8 Å². The summed E-state index contributed by atoms with van der Waals surface area (Å²) >= 11 is 0. The van der Waals surface area contributed by atoms with E-state index in [9.17, 15) is 0 Å². The highest BCUT2D eigenvalue weighted by atomic mass is 16.5. The Kier molecular flexibility index (Phi) is 4.39. The Bertz CT molecular complexity index is 641. The first-order valence-corrected chi connectivity index (χ1v) is 8.53. The van der Waals surface area contributed by atoms with Gasteiger partial charge in [0.15, 0.2) is 5.82 Å². The molecule has 124 valence electrons. The minimum absolute atomic E-state index is 0.404. The molecule has 1 aliphatic carbocycles. The molecule has 1 saturated carbocycles. The number of benzene rings is 1. The van der Waals surface area contributed by atoms with Crippen LogP contribution in [0.2, 0.25) is 0 Å². The predicted octanol–water partition coefficient (Wildman–Crippen LogP) is 3.70. The van der Waals surface area contributed by atoms with Crippen LogP contribution in [0.5, 0.6) is 0 Å². The fraction of sp³-hybridized carbons (Fsp3) is 0.556. The highest BCUT2D eigenvalue weighted by molar-refractivity contribution is 5.59. The molecule has 3 rings (SSSR count). The van der Waals surface area contributed by atoms with E-state index in [2.05, 4.69) is 47.9 Å². The zero-order valence-corrected chi connectivity index (χ0v) is 14.2. The minimum Gasteiger partial charge on any atom is -0.369 e. The lowest BCUT2D eigenvalue weighted by Gasteiger charge is -2.27. The van der Waals surface area contributed by atoms with Gasteiger partial charge < -0.3 is 15.2 Å². The Morgan fingerprint density at radius 2 is 1.87 bits per heavy atom. The van der Waals surface area contributed by atoms with Gasteiger partial charge in [-0.3, -0.25) is 0 Å². The zero-order valence-electron chi connectivity index (χ0n) is 14.2. The van der Waals surface area contributed by atoms with Crippen LogP contribution in [0.1, 0.15) is 52.3 Å². The topological polar surface area (TPSA) is 68.2 Å². The first-order valence-electron chi connectivity index (χ1n) is 8.53. The second kappa shape index (κ2) is 6.32. The van der Waals surface area contributed by atoms with Crippen molar-refractivity contribution in [1.29, 1.82) is 0 Å². The highest BCUT2D eigenvalue weighted by Gasteiger charge is 2.36. The van der Waals surface area contributed by atoms with Crippen LogP contribution in [-0.2, 0) is 5.54 Å². The summed E-state index contributed by atoms with van der Waals surface area (Å²) in [6.45, 7) is 7.55. The molecule has 0 unspecified atom stereocenters. The van der Waals surface area contributed by atoms with Crippen LogP contribution < -0.4 is 10.6 Å². The van der Waals surface area contributed by atoms with Crippen molar-refractivity contribution in [2.45, 2.75) is 58.0 Å². The van der Waals surface area contributed by atoms with Crippen molar-refractivity contribution in [3.63, 3.8) is 0 Å². The predicted molar refractivity (Wildman–Crippen MR) is 92.2 cm³/mol. The lowest BCUT2D eigenvalue weighted by atomic mass is 9.99. The van der Waals surface area contributed by atoms with Gasteiger partial charge in [0.25, 0.3) is 5.89 Å². The number of nitrogens with zero attached hydrogens (tertiary/aromatic N) is 3. The standard InChI is InChI=1S/C18H26N4O/c1-4-22(13(2)3)15-9-7-14(8-10-15)16-20-17(21-23-16)18(19)11-5-6-12-18/h7-10,13H,4-6,11-12,19H2,1-3H3. The third kappa shape index (κ3) is 3.11. The molecule has 2 aromatic rings. The first kappa shape index (κ1) is 16.0. The summed E-state index contributed by atoms with van der Waals surface area (Å²) in [6, 6.07) is 8.76. The molecule has 0 atom stereocenters. The van der Waals surface area contributed by atoms with Crippen LogP contribution in [0.25, 0.3) is 11.5 Å². The third-order valence-electron chi connectivity index (χ3n) is 4.78. The molecule has 1 heterocycles. The van der Waals surface area contributed by atoms with E-state index in [-0.39, 0.29) is 0 Å². The lowest BCUT2D eigenvalue weighted by molar-refractivity contribution is 0.372. The number of nitrogens with two attached hydrogens (primary N) is 1. The van der Waals surface area contributed by atoms with Gasteiger partial charge in [0, 0.05) is 23.8 Å². The molecule has 2 N–H and O–H groups in total. The first-order chi connectivity index (χ1) is 11.0. The van der Waals surface area contributed by atoms with Gasteiger partial charge in [0.05, 0.1) is 5.54 Å². The summed E-state index contributed by atoms with van der Waals surface area (Å²) in [6.07, 6.45) is 4.14. The summed E-state index contributed by atoms with van der Waals surface area (Å²) in [5.41, 5.74) is 8.14. The molecule has 0 saturated heterocycles. The highest BCUT2D eigenvalue weighted by Crippen LogP contribution is 2.35. The van der Waals surface area contributed by atoms with Gasteiger partial charge in [0.2, 0.25) is 0 Å². The Morgan fingerprint density at radius 3 is 2.43 bits per heavy atom. The van der Waals surface area contributed by atoms with Gasteiger partial charge >= 0.3 is 0 Å². The van der Waals surface area contributed by atoms with E-state index in [0.29, 0.717) is 17.8 Å². The fourth-order valence-electron chi connectivity index (χ4n) is 3.41. The van der Waals surface area contributed by atoms with Crippen molar-refractivity contribution in [3.8, 4) is 11.5 Å². The molecule has 0 aliphatic heterocycles. The smallest absolute Gasteiger partial charge is 0.257 e. The van der Waals surface area contributed by atoms with Gasteiger partial charge in [-0.25, -0.2) is 0 Å². The zero-order chi connectivity index (χ0) is 16.4. The van der Waals surface area contributed by atoms with Gasteiger partial charge in [-0.15, -0.1) is 0 Å². The summed E-state index contributed by atoms with van der Waals surface area (Å²) in [7, 11) is 0. The molecular formula is C18H26N4O. The molecule has 0 radical (unpaired) electrons. The van der Waals surface area contributed by atoms with Crippen LogP contribution in [0.15, 0.2) is 28.8 Å². The number of hydrogen-bond donors (Lipinski definition) is 1. The van der Waals surface area contributed by atoms with Gasteiger partial charge in [0.1, 0.15) is 0 Å². The normalized spacial score (nSPS) is 16.9. The van der Waals surface area contributed by atoms with Gasteiger partial charge in [-0.05, 0) is 57.9 Å². The van der Waals surface area contributed by atoms with Crippen molar-refractivity contribution in [1.82, 2.24) is 10.1 Å². The number of hydrogen-bond acceptors (Lipinski definition) is 5. The fourth-order valence-corrected chi connectivity index (χ4v) is 3.41. The maximum absolute atomic E-state index is 6.40. The molecule has 23 heavy (non-hydrogen) atoms. The molecule has 1 aromatic carbocycles. The minimum atomic E-state index is -0.404. The average molecular weight is 314 g/mol. The second-order valence-electron chi connectivity index (χ2n) is 6.71. The van der Waals surface area contributed by atoms with Crippen LogP contribution in [0, 0.1) is 0 Å². The van der Waals surface area contributed by atoms with Crippen molar-refractivity contribution in [3.05, 3.63) is 30.1 Å². The molecule has 0 amide bonds. The molecular weight excluding hydrogens is 288 g/mol. The Labute approximate surface area is 137 Å². The van der Waals surface area contributed by atoms with Crippen molar-refractivity contribution < 1.29 is 4.52 Å². The average Bonchev–Trinajstić information content (AvgIpc) is 3.18. The maximum Gasteiger partial charge on any atom is 0.257 e. The maximum atomic E-state index is 6.40. The quantitative estimate of drug-likeness (QED) is 0.911. The molecule has 0 spiro atoms. The number of aromatic nitrogens is 2. The van der Waals surface area contributed by atoms with Crippen molar-refractivity contribution >= 4 is 5.69 Å². The molecule has 5 heteroatoms. The summed E-state index contributed by atoms with van der Waals surface area (Å²) in [4.78, 5) is 6.89. The van der Waals surface area contributed by atoms with E-state index < -0.39 is 5.54 Å². The Morgan fingerprint density at radius 1 is 1.22 bits per heavy atom. The van der Waals surface area contributed by atoms with Crippen LogP contribution >= 0.6 is 0 Å². The van der Waals surface area contributed by atoms with E-state index in [1.54, 1.807) is 0 Å². The van der Waals surface area contributed by atoms with Crippen LogP contribution in [0.4, 0.5) is 5.69 Å². The monoisotopic (exact) mass is 314 g/mol. The van der Waals surface area contributed by atoms with Gasteiger partial charge in [-0.2, -0.15) is 4.98 Å². The van der Waals surface area contributed by atoms with Crippen molar-refractivity contribution in [2.75, 3.05) is 11.4 Å². The second-order valence-corrected chi connectivity index (χ2v) is 6.71. The molecule has 1 fully saturated rings. The van der Waals surface area contributed by atoms with E-state index in [1.165, 1.54) is 5.69 Å². The van der Waals surface area contributed by atoms with Crippen LogP contribution in [0.3, 0.4) is 0 Å². The summed E-state index contributed by atoms with van der Waals surface area (Å²) in [5, 5.41) is 4.13. The largest absolute Gasteiger partial charge is 0.369 e.